The van der Waals surface area contributed by atoms with Crippen LogP contribution in [0.2, 0.25) is 0 Å². The maximum Gasteiger partial charge on any atom is 0.415 e. The Balaban J connectivity index is 2.11. The maximum absolute atomic E-state index is 11.7. The lowest BCUT2D eigenvalue weighted by Gasteiger charge is -2.15. The highest BCUT2D eigenvalue weighted by molar-refractivity contribution is 6.02. The quantitative estimate of drug-likeness (QED) is 0.913. The standard InChI is InChI=1S/C14H12N4O3/c15-11(19)10-8-16-12(9-4-2-1-3-5-9)17-13(10)18-6-7-21-14(18)20/h1-5,8H,6-7H2,(H2,15,19). The molecule has 7 nitrogen and oxygen atoms in total. The number of nitrogens with two attached hydrogens (primary N) is 1. The predicted molar refractivity (Wildman–Crippen MR) is 74.7 cm³/mol. The fraction of sp³-hybridized carbons (Fsp3) is 0.143. The van der Waals surface area contributed by atoms with E-state index in [0.717, 1.165) is 5.56 Å². The Labute approximate surface area is 120 Å². The topological polar surface area (TPSA) is 98.4 Å². The van der Waals surface area contributed by atoms with Crippen LogP contribution in [-0.2, 0) is 4.74 Å². The van der Waals surface area contributed by atoms with E-state index in [0.29, 0.717) is 12.4 Å². The van der Waals surface area contributed by atoms with Crippen LogP contribution < -0.4 is 10.6 Å². The van der Waals surface area contributed by atoms with Gasteiger partial charge in [-0.05, 0) is 0 Å². The minimum Gasteiger partial charge on any atom is -0.447 e. The van der Waals surface area contributed by atoms with Crippen LogP contribution in [0, 0.1) is 0 Å². The van der Waals surface area contributed by atoms with E-state index in [-0.39, 0.29) is 18.0 Å². The molecule has 0 bridgehead atoms. The Kier molecular flexibility index (Phi) is 3.23. The Hall–Kier alpha value is -2.96. The summed E-state index contributed by atoms with van der Waals surface area (Å²) in [6.45, 7) is 0.575. The first-order chi connectivity index (χ1) is 10.2. The number of hydrogen-bond donors (Lipinski definition) is 1. The first-order valence-electron chi connectivity index (χ1n) is 6.33. The van der Waals surface area contributed by atoms with Gasteiger partial charge in [0.2, 0.25) is 0 Å². The van der Waals surface area contributed by atoms with Gasteiger partial charge >= 0.3 is 6.09 Å². The molecule has 0 saturated carbocycles. The van der Waals surface area contributed by atoms with Gasteiger partial charge < -0.3 is 10.5 Å². The smallest absolute Gasteiger partial charge is 0.415 e. The first kappa shape index (κ1) is 13.0. The number of carbonyl (C=O) groups is 2. The van der Waals surface area contributed by atoms with Crippen LogP contribution in [0.4, 0.5) is 10.6 Å². The summed E-state index contributed by atoms with van der Waals surface area (Å²) in [5, 5.41) is 0. The number of cyclic esters (lactones) is 1. The summed E-state index contributed by atoms with van der Waals surface area (Å²) in [6, 6.07) is 9.26. The molecule has 1 aliphatic rings. The van der Waals surface area contributed by atoms with Crippen LogP contribution in [0.15, 0.2) is 36.5 Å². The van der Waals surface area contributed by atoms with Crippen LogP contribution >= 0.6 is 0 Å². The number of carbonyl (C=O) groups excluding carboxylic acids is 2. The highest BCUT2D eigenvalue weighted by Crippen LogP contribution is 2.24. The number of ether oxygens (including phenoxy) is 1. The van der Waals surface area contributed by atoms with Crippen molar-refractivity contribution in [3.05, 3.63) is 42.1 Å². The third-order valence-corrected chi connectivity index (χ3v) is 3.08. The van der Waals surface area contributed by atoms with Crippen molar-refractivity contribution in [2.45, 2.75) is 0 Å². The fourth-order valence-corrected chi connectivity index (χ4v) is 2.06. The number of anilines is 1. The molecular weight excluding hydrogens is 272 g/mol. The van der Waals surface area contributed by atoms with Gasteiger partial charge in [-0.25, -0.2) is 14.8 Å². The Bertz CT molecular complexity index is 703. The lowest BCUT2D eigenvalue weighted by molar-refractivity contribution is 0.100. The van der Waals surface area contributed by atoms with Crippen LogP contribution in [0.25, 0.3) is 11.4 Å². The number of hydrogen-bond acceptors (Lipinski definition) is 5. The fourth-order valence-electron chi connectivity index (χ4n) is 2.06. The summed E-state index contributed by atoms with van der Waals surface area (Å²) in [5.41, 5.74) is 6.19. The third-order valence-electron chi connectivity index (χ3n) is 3.08. The van der Waals surface area contributed by atoms with E-state index in [2.05, 4.69) is 9.97 Å². The highest BCUT2D eigenvalue weighted by Gasteiger charge is 2.29. The second-order valence-corrected chi connectivity index (χ2v) is 4.43. The molecule has 2 amide bonds. The van der Waals surface area contributed by atoms with E-state index in [1.165, 1.54) is 11.1 Å². The number of amides is 2. The summed E-state index contributed by atoms with van der Waals surface area (Å²) in [6.07, 6.45) is 0.786. The van der Waals surface area contributed by atoms with E-state index in [1.807, 2.05) is 30.3 Å². The van der Waals surface area contributed by atoms with Crippen molar-refractivity contribution in [1.29, 1.82) is 0 Å². The van der Waals surface area contributed by atoms with Crippen LogP contribution in [-0.4, -0.2) is 35.1 Å². The zero-order valence-corrected chi connectivity index (χ0v) is 11.0. The van der Waals surface area contributed by atoms with Gasteiger partial charge in [0.05, 0.1) is 6.54 Å². The lowest BCUT2D eigenvalue weighted by atomic mass is 10.2. The Morgan fingerprint density at radius 1 is 1.29 bits per heavy atom. The van der Waals surface area contributed by atoms with Gasteiger partial charge in [0.15, 0.2) is 11.6 Å². The summed E-state index contributed by atoms with van der Waals surface area (Å²) in [7, 11) is 0. The number of nitrogens with zero attached hydrogens (tertiary/aromatic N) is 3. The van der Waals surface area contributed by atoms with Crippen molar-refractivity contribution in [2.75, 3.05) is 18.1 Å². The van der Waals surface area contributed by atoms with Crippen LogP contribution in [0.1, 0.15) is 10.4 Å². The molecule has 1 saturated heterocycles. The second kappa shape index (κ2) is 5.20. The monoisotopic (exact) mass is 284 g/mol. The lowest BCUT2D eigenvalue weighted by Crippen LogP contribution is -2.28. The van der Waals surface area contributed by atoms with E-state index < -0.39 is 12.0 Å². The summed E-state index contributed by atoms with van der Waals surface area (Å²) in [5.74, 6) is -0.0986. The minimum atomic E-state index is -0.690. The van der Waals surface area contributed by atoms with Crippen molar-refractivity contribution < 1.29 is 14.3 Å². The molecule has 3 rings (SSSR count). The molecule has 1 aromatic heterocycles. The molecule has 2 N–H and O–H groups in total. The van der Waals surface area contributed by atoms with Gasteiger partial charge in [-0.15, -0.1) is 0 Å². The van der Waals surface area contributed by atoms with Gasteiger partial charge in [0, 0.05) is 11.8 Å². The van der Waals surface area contributed by atoms with Crippen molar-refractivity contribution in [2.24, 2.45) is 5.73 Å². The van der Waals surface area contributed by atoms with Crippen molar-refractivity contribution >= 4 is 17.8 Å². The number of aromatic nitrogens is 2. The molecule has 2 aromatic rings. The summed E-state index contributed by atoms with van der Waals surface area (Å²) >= 11 is 0. The van der Waals surface area contributed by atoms with E-state index in [4.69, 9.17) is 10.5 Å². The minimum absolute atomic E-state index is 0.0912. The normalized spacial score (nSPS) is 14.1. The molecule has 1 fully saturated rings. The molecule has 0 atom stereocenters. The molecule has 0 spiro atoms. The van der Waals surface area contributed by atoms with Gasteiger partial charge in [-0.1, -0.05) is 30.3 Å². The number of primary amides is 1. The molecule has 21 heavy (non-hydrogen) atoms. The SMILES string of the molecule is NC(=O)c1cnc(-c2ccccc2)nc1N1CCOC1=O. The van der Waals surface area contributed by atoms with Gasteiger partial charge in [0.25, 0.3) is 5.91 Å². The van der Waals surface area contributed by atoms with Crippen LogP contribution in [0.3, 0.4) is 0 Å². The third kappa shape index (κ3) is 2.40. The number of rotatable bonds is 3. The molecule has 7 heteroatoms. The maximum atomic E-state index is 11.7. The molecule has 0 aliphatic carbocycles. The van der Waals surface area contributed by atoms with Gasteiger partial charge in [-0.3, -0.25) is 9.69 Å². The Morgan fingerprint density at radius 3 is 2.67 bits per heavy atom. The second-order valence-electron chi connectivity index (χ2n) is 4.43. The molecular formula is C14H12N4O3. The molecule has 1 aliphatic heterocycles. The van der Waals surface area contributed by atoms with Gasteiger partial charge in [-0.2, -0.15) is 0 Å². The predicted octanol–water partition coefficient (Wildman–Crippen LogP) is 1.20. The molecule has 2 heterocycles. The number of benzene rings is 1. The molecule has 106 valence electrons. The van der Waals surface area contributed by atoms with E-state index in [1.54, 1.807) is 0 Å². The zero-order valence-electron chi connectivity index (χ0n) is 11.0. The van der Waals surface area contributed by atoms with Crippen LogP contribution in [0.5, 0.6) is 0 Å². The summed E-state index contributed by atoms with van der Waals surface area (Å²) in [4.78, 5) is 32.9. The van der Waals surface area contributed by atoms with Crippen molar-refractivity contribution in [3.8, 4) is 11.4 Å². The van der Waals surface area contributed by atoms with E-state index in [9.17, 15) is 9.59 Å². The van der Waals surface area contributed by atoms with E-state index >= 15 is 0 Å². The highest BCUT2D eigenvalue weighted by atomic mass is 16.6. The largest absolute Gasteiger partial charge is 0.447 e. The average Bonchev–Trinajstić information content (AvgIpc) is 2.93. The van der Waals surface area contributed by atoms with Crippen molar-refractivity contribution in [3.63, 3.8) is 0 Å². The average molecular weight is 284 g/mol. The molecule has 0 radical (unpaired) electrons. The Morgan fingerprint density at radius 2 is 2.05 bits per heavy atom. The zero-order chi connectivity index (χ0) is 14.8. The first-order valence-corrected chi connectivity index (χ1v) is 6.33. The summed E-state index contributed by atoms with van der Waals surface area (Å²) < 4.78 is 4.87. The molecule has 0 unspecified atom stereocenters. The van der Waals surface area contributed by atoms with Crippen molar-refractivity contribution in [1.82, 2.24) is 9.97 Å². The molecule has 1 aromatic carbocycles. The van der Waals surface area contributed by atoms with Gasteiger partial charge in [0.1, 0.15) is 12.2 Å².